The van der Waals surface area contributed by atoms with E-state index in [0.717, 1.165) is 12.8 Å². The third kappa shape index (κ3) is 1.77. The van der Waals surface area contributed by atoms with Crippen LogP contribution in [0.25, 0.3) is 11.1 Å². The molecule has 0 amide bonds. The molecule has 0 saturated heterocycles. The molecule has 0 saturated carbocycles. The standard InChI is InChI=1S/C14H10.2C2H6/c1-3-9-7-11-5-2-6-12-8-10(4-1)13(9)14(11)12;2*1-2/h1-6H,7-8H2;2*1-2H3. The Morgan fingerprint density at radius 1 is 0.556 bits per heavy atom. The predicted octanol–water partition coefficient (Wildman–Crippen LogP) is 5.21. The van der Waals surface area contributed by atoms with E-state index >= 15 is 0 Å². The van der Waals surface area contributed by atoms with E-state index < -0.39 is 0 Å². The van der Waals surface area contributed by atoms with Gasteiger partial charge in [0.2, 0.25) is 0 Å². The van der Waals surface area contributed by atoms with E-state index in [1.807, 2.05) is 27.7 Å². The molecule has 0 nitrogen and oxygen atoms in total. The highest BCUT2D eigenvalue weighted by Crippen LogP contribution is 2.46. The molecule has 0 radical (unpaired) electrons. The van der Waals surface area contributed by atoms with Crippen LogP contribution in [-0.2, 0) is 12.8 Å². The molecule has 0 bridgehead atoms. The highest BCUT2D eigenvalue weighted by atomic mass is 14.3. The molecule has 4 rings (SSSR count). The molecule has 0 unspecified atom stereocenters. The Labute approximate surface area is 111 Å². The van der Waals surface area contributed by atoms with Crippen LogP contribution in [0.3, 0.4) is 0 Å². The highest BCUT2D eigenvalue weighted by Gasteiger charge is 2.28. The van der Waals surface area contributed by atoms with Crippen LogP contribution in [0.15, 0.2) is 36.4 Å². The van der Waals surface area contributed by atoms with Gasteiger partial charge in [-0.05, 0) is 46.2 Å². The average Bonchev–Trinajstić information content (AvgIpc) is 3.01. The molecule has 0 spiro atoms. The van der Waals surface area contributed by atoms with Gasteiger partial charge in [0, 0.05) is 0 Å². The molecule has 0 heteroatoms. The second-order valence-electron chi connectivity index (χ2n) is 4.26. The van der Waals surface area contributed by atoms with E-state index in [4.69, 9.17) is 0 Å². The topological polar surface area (TPSA) is 0 Å². The first-order valence-corrected chi connectivity index (χ1v) is 7.15. The lowest BCUT2D eigenvalue weighted by molar-refractivity contribution is 1.19. The molecule has 2 aromatic carbocycles. The lowest BCUT2D eigenvalue weighted by atomic mass is 10.0. The maximum atomic E-state index is 2.27. The Bertz CT molecular complexity index is 458. The third-order valence-electron chi connectivity index (χ3n) is 3.49. The van der Waals surface area contributed by atoms with Crippen LogP contribution < -0.4 is 0 Å². The maximum Gasteiger partial charge on any atom is -0.00132 e. The molecule has 0 fully saturated rings. The molecule has 0 N–H and O–H groups in total. The first-order chi connectivity index (χ1) is 8.93. The summed E-state index contributed by atoms with van der Waals surface area (Å²) in [5.41, 5.74) is 9.23. The van der Waals surface area contributed by atoms with Crippen molar-refractivity contribution in [3.63, 3.8) is 0 Å². The first-order valence-electron chi connectivity index (χ1n) is 7.15. The van der Waals surface area contributed by atoms with Gasteiger partial charge in [0.15, 0.2) is 0 Å². The molecule has 0 aliphatic heterocycles. The summed E-state index contributed by atoms with van der Waals surface area (Å²) in [6.45, 7) is 8.00. The predicted molar refractivity (Wildman–Crippen MR) is 80.2 cm³/mol. The van der Waals surface area contributed by atoms with Crippen LogP contribution in [0.2, 0.25) is 0 Å². The zero-order valence-corrected chi connectivity index (χ0v) is 11.9. The van der Waals surface area contributed by atoms with Crippen LogP contribution in [0, 0.1) is 0 Å². The van der Waals surface area contributed by atoms with Gasteiger partial charge in [0.25, 0.3) is 0 Å². The van der Waals surface area contributed by atoms with Crippen molar-refractivity contribution in [2.75, 3.05) is 0 Å². The minimum atomic E-state index is 1.15. The zero-order valence-electron chi connectivity index (χ0n) is 11.9. The molecule has 18 heavy (non-hydrogen) atoms. The monoisotopic (exact) mass is 238 g/mol. The molecular weight excluding hydrogens is 216 g/mol. The quantitative estimate of drug-likeness (QED) is 0.394. The van der Waals surface area contributed by atoms with Gasteiger partial charge in [-0.15, -0.1) is 0 Å². The summed E-state index contributed by atoms with van der Waals surface area (Å²) in [4.78, 5) is 0. The van der Waals surface area contributed by atoms with Gasteiger partial charge in [0.1, 0.15) is 0 Å². The number of rotatable bonds is 0. The zero-order chi connectivity index (χ0) is 13.1. The summed E-state index contributed by atoms with van der Waals surface area (Å²) in [6, 6.07) is 13.5. The smallest absolute Gasteiger partial charge is 0.00132 e. The first kappa shape index (κ1) is 12.9. The minimum Gasteiger partial charge on any atom is -0.0683 e. The summed E-state index contributed by atoms with van der Waals surface area (Å²) in [7, 11) is 0. The Morgan fingerprint density at radius 2 is 0.833 bits per heavy atom. The normalized spacial score (nSPS) is 12.0. The molecule has 2 aromatic rings. The van der Waals surface area contributed by atoms with Gasteiger partial charge >= 0.3 is 0 Å². The van der Waals surface area contributed by atoms with E-state index in [9.17, 15) is 0 Å². The third-order valence-corrected chi connectivity index (χ3v) is 3.49. The number of benzene rings is 2. The number of hydrogen-bond acceptors (Lipinski definition) is 0. The van der Waals surface area contributed by atoms with Crippen LogP contribution in [0.1, 0.15) is 49.9 Å². The van der Waals surface area contributed by atoms with Crippen molar-refractivity contribution in [2.24, 2.45) is 0 Å². The van der Waals surface area contributed by atoms with E-state index in [1.165, 1.54) is 22.3 Å². The van der Waals surface area contributed by atoms with E-state index in [1.54, 1.807) is 11.1 Å². The Balaban J connectivity index is 0.000000277. The number of hydrogen-bond donors (Lipinski definition) is 0. The molecule has 0 aromatic heterocycles. The van der Waals surface area contributed by atoms with E-state index in [0.29, 0.717) is 0 Å². The maximum absolute atomic E-state index is 2.27. The molecule has 94 valence electrons. The van der Waals surface area contributed by atoms with Crippen molar-refractivity contribution >= 4 is 0 Å². The van der Waals surface area contributed by atoms with Gasteiger partial charge < -0.3 is 0 Å². The van der Waals surface area contributed by atoms with Crippen molar-refractivity contribution < 1.29 is 0 Å². The summed E-state index contributed by atoms with van der Waals surface area (Å²) in [5.74, 6) is 0. The van der Waals surface area contributed by atoms with Crippen molar-refractivity contribution in [1.82, 2.24) is 0 Å². The van der Waals surface area contributed by atoms with Gasteiger partial charge in [-0.3, -0.25) is 0 Å². The highest BCUT2D eigenvalue weighted by molar-refractivity contribution is 5.86. The van der Waals surface area contributed by atoms with Crippen LogP contribution >= 0.6 is 0 Å². The fourth-order valence-corrected chi connectivity index (χ4v) is 2.95. The lowest BCUT2D eigenvalue weighted by Crippen LogP contribution is -1.87. The molecule has 2 aliphatic carbocycles. The molecular formula is C18H22. The van der Waals surface area contributed by atoms with Gasteiger partial charge in [-0.1, -0.05) is 64.1 Å². The van der Waals surface area contributed by atoms with Crippen LogP contribution in [0.5, 0.6) is 0 Å². The summed E-state index contributed by atoms with van der Waals surface area (Å²) >= 11 is 0. The molecule has 2 aliphatic rings. The SMILES string of the molecule is CC.CC.c1cc2c3c(c1)Cc1cccc(c1-3)C2. The Kier molecular flexibility index (Phi) is 3.86. The van der Waals surface area contributed by atoms with Gasteiger partial charge in [0.05, 0.1) is 0 Å². The van der Waals surface area contributed by atoms with Gasteiger partial charge in [-0.2, -0.15) is 0 Å². The average molecular weight is 238 g/mol. The molecule has 0 atom stereocenters. The van der Waals surface area contributed by atoms with E-state index in [2.05, 4.69) is 36.4 Å². The lowest BCUT2D eigenvalue weighted by Gasteiger charge is -2.00. The second kappa shape index (κ2) is 5.39. The summed E-state index contributed by atoms with van der Waals surface area (Å²) < 4.78 is 0. The largest absolute Gasteiger partial charge is 0.0683 e. The Morgan fingerprint density at radius 3 is 1.11 bits per heavy atom. The fourth-order valence-electron chi connectivity index (χ4n) is 2.95. The van der Waals surface area contributed by atoms with Crippen molar-refractivity contribution in [3.05, 3.63) is 58.7 Å². The van der Waals surface area contributed by atoms with Crippen molar-refractivity contribution in [2.45, 2.75) is 40.5 Å². The fraction of sp³-hybridized carbons (Fsp3) is 0.333. The van der Waals surface area contributed by atoms with Crippen molar-refractivity contribution in [3.8, 4) is 11.1 Å². The molecule has 0 heterocycles. The second-order valence-corrected chi connectivity index (χ2v) is 4.26. The van der Waals surface area contributed by atoms with E-state index in [-0.39, 0.29) is 0 Å². The minimum absolute atomic E-state index is 1.15. The summed E-state index contributed by atoms with van der Waals surface area (Å²) in [6.07, 6.45) is 2.29. The van der Waals surface area contributed by atoms with Gasteiger partial charge in [-0.25, -0.2) is 0 Å². The van der Waals surface area contributed by atoms with Crippen molar-refractivity contribution in [1.29, 1.82) is 0 Å². The van der Waals surface area contributed by atoms with Crippen LogP contribution in [-0.4, -0.2) is 0 Å². The summed E-state index contributed by atoms with van der Waals surface area (Å²) in [5, 5.41) is 0. The van der Waals surface area contributed by atoms with Crippen LogP contribution in [0.4, 0.5) is 0 Å². The Hall–Kier alpha value is -1.56.